The van der Waals surface area contributed by atoms with Crippen molar-refractivity contribution in [1.82, 2.24) is 4.72 Å². The Morgan fingerprint density at radius 2 is 1.88 bits per heavy atom. The van der Waals surface area contributed by atoms with Gasteiger partial charge >= 0.3 is 0 Å². The molecule has 90 valence electrons. The van der Waals surface area contributed by atoms with Gasteiger partial charge in [0.1, 0.15) is 6.29 Å². The minimum absolute atomic E-state index is 0.367. The van der Waals surface area contributed by atoms with E-state index in [0.29, 0.717) is 11.8 Å². The van der Waals surface area contributed by atoms with Gasteiger partial charge in [0.25, 0.3) is 15.1 Å². The van der Waals surface area contributed by atoms with Gasteiger partial charge in [0, 0.05) is 0 Å². The van der Waals surface area contributed by atoms with E-state index in [0.717, 1.165) is 6.08 Å². The number of carbonyl (C=O) groups is 2. The molecule has 0 spiro atoms. The maximum Gasteiger partial charge on any atom is 0.284 e. The lowest BCUT2D eigenvalue weighted by molar-refractivity contribution is -0.107. The van der Waals surface area contributed by atoms with E-state index in [1.807, 2.05) is 10.8 Å². The molecule has 0 heterocycles. The van der Waals surface area contributed by atoms with Crippen LogP contribution in [0.15, 0.2) is 36.4 Å². The van der Waals surface area contributed by atoms with E-state index in [9.17, 15) is 18.0 Å². The van der Waals surface area contributed by atoms with Crippen molar-refractivity contribution in [3.63, 3.8) is 0 Å². The standard InChI is InChI=1S/C11H11NO4S/c13-9-8-12-17(15,16)11(14)7-6-10-4-2-1-3-5-10/h1-7,9,12H,8H2/b7-6+. The maximum absolute atomic E-state index is 11.3. The van der Waals surface area contributed by atoms with Crippen LogP contribution in [0.3, 0.4) is 0 Å². The molecule has 1 rings (SSSR count). The Bertz CT molecular complexity index is 520. The zero-order valence-electron chi connectivity index (χ0n) is 8.87. The summed E-state index contributed by atoms with van der Waals surface area (Å²) in [6, 6.07) is 8.80. The normalized spacial score (nSPS) is 11.5. The van der Waals surface area contributed by atoms with E-state index in [-0.39, 0.29) is 0 Å². The predicted octanol–water partition coefficient (Wildman–Crippen LogP) is 0.345. The molecule has 0 unspecified atom stereocenters. The number of rotatable bonds is 5. The summed E-state index contributed by atoms with van der Waals surface area (Å²) in [5, 5.41) is -1.08. The number of aldehydes is 1. The Morgan fingerprint density at radius 1 is 1.24 bits per heavy atom. The van der Waals surface area contributed by atoms with E-state index in [1.165, 1.54) is 6.08 Å². The van der Waals surface area contributed by atoms with Gasteiger partial charge in [-0.2, -0.15) is 0 Å². The van der Waals surface area contributed by atoms with Gasteiger partial charge in [-0.15, -0.1) is 0 Å². The smallest absolute Gasteiger partial charge is 0.284 e. The highest BCUT2D eigenvalue weighted by Crippen LogP contribution is 2.02. The lowest BCUT2D eigenvalue weighted by Crippen LogP contribution is -2.31. The molecule has 0 aliphatic carbocycles. The van der Waals surface area contributed by atoms with Crippen molar-refractivity contribution in [2.45, 2.75) is 0 Å². The molecule has 0 radical (unpaired) electrons. The minimum atomic E-state index is -4.10. The van der Waals surface area contributed by atoms with E-state index >= 15 is 0 Å². The van der Waals surface area contributed by atoms with Gasteiger partial charge in [0.15, 0.2) is 0 Å². The second-order valence-electron chi connectivity index (χ2n) is 3.08. The molecule has 17 heavy (non-hydrogen) atoms. The van der Waals surface area contributed by atoms with Crippen molar-refractivity contribution in [1.29, 1.82) is 0 Å². The summed E-state index contributed by atoms with van der Waals surface area (Å²) in [4.78, 5) is 21.3. The molecule has 0 aromatic heterocycles. The second-order valence-corrected chi connectivity index (χ2v) is 4.78. The van der Waals surface area contributed by atoms with Crippen LogP contribution in [0.5, 0.6) is 0 Å². The van der Waals surface area contributed by atoms with E-state index in [2.05, 4.69) is 0 Å². The summed E-state index contributed by atoms with van der Waals surface area (Å²) < 4.78 is 24.3. The summed E-state index contributed by atoms with van der Waals surface area (Å²) in [5.74, 6) is 0. The van der Waals surface area contributed by atoms with Gasteiger partial charge < -0.3 is 4.79 Å². The Labute approximate surface area is 99.2 Å². The number of benzene rings is 1. The average Bonchev–Trinajstić information content (AvgIpc) is 2.34. The fourth-order valence-corrected chi connectivity index (χ4v) is 1.71. The molecule has 1 aromatic rings. The Kier molecular flexibility index (Phi) is 4.74. The highest BCUT2D eigenvalue weighted by atomic mass is 32.2. The Morgan fingerprint density at radius 3 is 2.47 bits per heavy atom. The number of hydrogen-bond donors (Lipinski definition) is 1. The first-order chi connectivity index (χ1) is 8.06. The van der Waals surface area contributed by atoms with Crippen molar-refractivity contribution < 1.29 is 18.0 Å². The summed E-state index contributed by atoms with van der Waals surface area (Å²) in [5.41, 5.74) is 0.714. The third-order valence-corrected chi connectivity index (χ3v) is 3.05. The van der Waals surface area contributed by atoms with Crippen LogP contribution in [-0.2, 0) is 19.6 Å². The highest BCUT2D eigenvalue weighted by molar-refractivity contribution is 8.04. The van der Waals surface area contributed by atoms with Crippen molar-refractivity contribution in [3.05, 3.63) is 42.0 Å². The molecule has 0 saturated carbocycles. The minimum Gasteiger partial charge on any atom is -0.302 e. The van der Waals surface area contributed by atoms with E-state index < -0.39 is 21.7 Å². The summed E-state index contributed by atoms with van der Waals surface area (Å²) in [6.07, 6.45) is 2.71. The van der Waals surface area contributed by atoms with Gasteiger partial charge in [-0.1, -0.05) is 36.4 Å². The number of hydrogen-bond acceptors (Lipinski definition) is 4. The first-order valence-electron chi connectivity index (χ1n) is 4.76. The molecule has 0 aliphatic heterocycles. The molecule has 0 bridgehead atoms. The van der Waals surface area contributed by atoms with E-state index in [1.54, 1.807) is 24.3 Å². The van der Waals surface area contributed by atoms with Crippen LogP contribution in [0.25, 0.3) is 6.08 Å². The summed E-state index contributed by atoms with van der Waals surface area (Å²) in [7, 11) is -4.10. The number of sulfonamides is 1. The van der Waals surface area contributed by atoms with Gasteiger partial charge in [0.05, 0.1) is 6.54 Å². The zero-order chi connectivity index (χ0) is 12.7. The maximum atomic E-state index is 11.3. The monoisotopic (exact) mass is 253 g/mol. The van der Waals surface area contributed by atoms with Crippen molar-refractivity contribution in [3.8, 4) is 0 Å². The lowest BCUT2D eigenvalue weighted by atomic mass is 10.2. The second kappa shape index (κ2) is 6.07. The third kappa shape index (κ3) is 4.29. The molecular formula is C11H11NO4S. The molecule has 0 saturated heterocycles. The molecule has 0 atom stereocenters. The Hall–Kier alpha value is -1.79. The highest BCUT2D eigenvalue weighted by Gasteiger charge is 2.17. The molecule has 6 heteroatoms. The van der Waals surface area contributed by atoms with Crippen molar-refractivity contribution in [2.75, 3.05) is 6.54 Å². The van der Waals surface area contributed by atoms with Crippen LogP contribution in [0.4, 0.5) is 0 Å². The lowest BCUT2D eigenvalue weighted by Gasteiger charge is -1.98. The quantitative estimate of drug-likeness (QED) is 0.606. The topological polar surface area (TPSA) is 80.3 Å². The largest absolute Gasteiger partial charge is 0.302 e. The summed E-state index contributed by atoms with van der Waals surface area (Å²) in [6.45, 7) is -0.409. The molecule has 1 N–H and O–H groups in total. The fraction of sp³-hybridized carbons (Fsp3) is 0.0909. The molecule has 0 aliphatic rings. The molecule has 0 amide bonds. The predicted molar refractivity (Wildman–Crippen MR) is 63.5 cm³/mol. The van der Waals surface area contributed by atoms with E-state index in [4.69, 9.17) is 0 Å². The molecule has 0 fully saturated rings. The molecular weight excluding hydrogens is 242 g/mol. The average molecular weight is 253 g/mol. The SMILES string of the molecule is O=CCNS(=O)(=O)C(=O)/C=C/c1ccccc1. The molecule has 1 aromatic carbocycles. The van der Waals surface area contributed by atoms with Gasteiger partial charge in [-0.3, -0.25) is 4.79 Å². The van der Waals surface area contributed by atoms with Crippen molar-refractivity contribution in [2.24, 2.45) is 0 Å². The van der Waals surface area contributed by atoms with Crippen LogP contribution in [0.2, 0.25) is 0 Å². The first kappa shape index (κ1) is 13.3. The fourth-order valence-electron chi connectivity index (χ4n) is 1.03. The van der Waals surface area contributed by atoms with Crippen LogP contribution >= 0.6 is 0 Å². The van der Waals surface area contributed by atoms with Crippen LogP contribution in [0.1, 0.15) is 5.56 Å². The molecule has 5 nitrogen and oxygen atoms in total. The zero-order valence-corrected chi connectivity index (χ0v) is 9.68. The number of carbonyl (C=O) groups excluding carboxylic acids is 2. The number of nitrogens with one attached hydrogen (secondary N) is 1. The third-order valence-electron chi connectivity index (χ3n) is 1.83. The van der Waals surface area contributed by atoms with Crippen LogP contribution < -0.4 is 4.72 Å². The first-order valence-corrected chi connectivity index (χ1v) is 6.25. The van der Waals surface area contributed by atoms with Crippen LogP contribution in [-0.4, -0.2) is 26.4 Å². The van der Waals surface area contributed by atoms with Crippen molar-refractivity contribution >= 4 is 27.5 Å². The Balaban J connectivity index is 2.73. The summed E-state index contributed by atoms with van der Waals surface area (Å²) >= 11 is 0. The van der Waals surface area contributed by atoms with Gasteiger partial charge in [0.2, 0.25) is 0 Å². The van der Waals surface area contributed by atoms with Gasteiger partial charge in [-0.05, 0) is 11.6 Å². The van der Waals surface area contributed by atoms with Crippen LogP contribution in [0, 0.1) is 0 Å². The van der Waals surface area contributed by atoms with Gasteiger partial charge in [-0.25, -0.2) is 13.1 Å².